The lowest BCUT2D eigenvalue weighted by Gasteiger charge is -2.39. The highest BCUT2D eigenvalue weighted by Gasteiger charge is 2.29. The normalized spacial score (nSPS) is 18.4. The predicted octanol–water partition coefficient (Wildman–Crippen LogP) is 2.50. The van der Waals surface area contributed by atoms with E-state index in [0.29, 0.717) is 11.2 Å². The molecule has 0 amide bonds. The molecule has 6 heteroatoms. The van der Waals surface area contributed by atoms with Gasteiger partial charge in [-0.25, -0.2) is 15.8 Å². The van der Waals surface area contributed by atoms with E-state index in [1.165, 1.54) is 31.0 Å². The van der Waals surface area contributed by atoms with Gasteiger partial charge in [0, 0.05) is 19.2 Å². The minimum absolute atomic E-state index is 0.487. The molecule has 0 aliphatic carbocycles. The molecule has 0 spiro atoms. The summed E-state index contributed by atoms with van der Waals surface area (Å²) in [7, 11) is 0. The Bertz CT molecular complexity index is 407. The predicted molar refractivity (Wildman–Crippen MR) is 81.5 cm³/mol. The molecule has 5 nitrogen and oxygen atoms in total. The van der Waals surface area contributed by atoms with Gasteiger partial charge in [0.2, 0.25) is 0 Å². The first-order valence-corrected chi connectivity index (χ1v) is 7.97. The van der Waals surface area contributed by atoms with E-state index in [1.807, 2.05) is 12.3 Å². The number of aromatic nitrogens is 2. The van der Waals surface area contributed by atoms with Crippen molar-refractivity contribution in [1.29, 1.82) is 0 Å². The number of rotatable bonds is 4. The average molecular weight is 281 g/mol. The maximum absolute atomic E-state index is 5.47. The second-order valence-corrected chi connectivity index (χ2v) is 6.17. The van der Waals surface area contributed by atoms with Gasteiger partial charge in [-0.15, -0.1) is 0 Å². The Balaban J connectivity index is 2.14. The Morgan fingerprint density at radius 3 is 2.63 bits per heavy atom. The number of hydrogen-bond donors (Lipinski definition) is 2. The summed E-state index contributed by atoms with van der Waals surface area (Å²) in [5.74, 6) is 7.12. The second-order valence-electron chi connectivity index (χ2n) is 5.39. The Hall–Kier alpha value is -1.01. The standard InChI is InChI=1S/C13H23N5S/c1-4-13(2)5-7-18(8-6-13)11-9-10(17-14)15-12(16-11)19-3/h9H,4-8,14H2,1-3H3,(H,15,16,17). The minimum atomic E-state index is 0.487. The first kappa shape index (κ1) is 14.4. The largest absolute Gasteiger partial charge is 0.356 e. The molecule has 2 rings (SSSR count). The number of nitrogens with one attached hydrogen (secondary N) is 1. The van der Waals surface area contributed by atoms with Gasteiger partial charge in [0.15, 0.2) is 5.16 Å². The fourth-order valence-electron chi connectivity index (χ4n) is 2.37. The molecule has 0 atom stereocenters. The Morgan fingerprint density at radius 1 is 1.42 bits per heavy atom. The number of anilines is 2. The van der Waals surface area contributed by atoms with Crippen LogP contribution in [0.5, 0.6) is 0 Å². The van der Waals surface area contributed by atoms with E-state index in [2.05, 4.69) is 34.1 Å². The molecule has 0 bridgehead atoms. The van der Waals surface area contributed by atoms with Crippen LogP contribution >= 0.6 is 11.8 Å². The van der Waals surface area contributed by atoms with Crippen molar-refractivity contribution in [2.45, 2.75) is 38.3 Å². The fraction of sp³-hybridized carbons (Fsp3) is 0.692. The summed E-state index contributed by atoms with van der Waals surface area (Å²) >= 11 is 1.54. The van der Waals surface area contributed by atoms with Crippen molar-refractivity contribution >= 4 is 23.4 Å². The van der Waals surface area contributed by atoms with E-state index >= 15 is 0 Å². The zero-order chi connectivity index (χ0) is 13.9. The van der Waals surface area contributed by atoms with Crippen LogP contribution < -0.4 is 16.2 Å². The van der Waals surface area contributed by atoms with Crippen molar-refractivity contribution in [1.82, 2.24) is 9.97 Å². The van der Waals surface area contributed by atoms with Crippen molar-refractivity contribution in [3.63, 3.8) is 0 Å². The van der Waals surface area contributed by atoms with Crippen LogP contribution in [-0.2, 0) is 0 Å². The van der Waals surface area contributed by atoms with Crippen molar-refractivity contribution in [2.24, 2.45) is 11.3 Å². The topological polar surface area (TPSA) is 67.1 Å². The molecule has 1 fully saturated rings. The summed E-state index contributed by atoms with van der Waals surface area (Å²) in [4.78, 5) is 11.2. The molecule has 0 radical (unpaired) electrons. The van der Waals surface area contributed by atoms with Gasteiger partial charge in [0.1, 0.15) is 11.6 Å². The summed E-state index contributed by atoms with van der Waals surface area (Å²) < 4.78 is 0. The van der Waals surface area contributed by atoms with E-state index in [4.69, 9.17) is 5.84 Å². The second kappa shape index (κ2) is 5.96. The molecule has 1 saturated heterocycles. The molecule has 106 valence electrons. The molecular weight excluding hydrogens is 258 g/mol. The van der Waals surface area contributed by atoms with E-state index in [0.717, 1.165) is 24.1 Å². The lowest BCUT2D eigenvalue weighted by Crippen LogP contribution is -2.39. The van der Waals surface area contributed by atoms with Crippen LogP contribution in [0, 0.1) is 5.41 Å². The van der Waals surface area contributed by atoms with Crippen LogP contribution in [0.15, 0.2) is 11.2 Å². The van der Waals surface area contributed by atoms with Gasteiger partial charge in [0.25, 0.3) is 0 Å². The maximum Gasteiger partial charge on any atom is 0.191 e. The molecule has 1 aliphatic heterocycles. The molecule has 1 aromatic heterocycles. The van der Waals surface area contributed by atoms with Crippen LogP contribution in [0.2, 0.25) is 0 Å². The molecular formula is C13H23N5S. The molecule has 1 aliphatic rings. The molecule has 0 unspecified atom stereocenters. The maximum atomic E-state index is 5.47. The third kappa shape index (κ3) is 3.30. The fourth-order valence-corrected chi connectivity index (χ4v) is 2.74. The summed E-state index contributed by atoms with van der Waals surface area (Å²) in [5, 5.41) is 0.759. The van der Waals surface area contributed by atoms with Gasteiger partial charge in [-0.1, -0.05) is 32.0 Å². The highest BCUT2D eigenvalue weighted by Crippen LogP contribution is 2.35. The average Bonchev–Trinajstić information content (AvgIpc) is 2.47. The smallest absolute Gasteiger partial charge is 0.191 e. The van der Waals surface area contributed by atoms with Gasteiger partial charge >= 0.3 is 0 Å². The zero-order valence-corrected chi connectivity index (χ0v) is 12.8. The van der Waals surface area contributed by atoms with Crippen LogP contribution in [0.3, 0.4) is 0 Å². The van der Waals surface area contributed by atoms with Gasteiger partial charge in [-0.2, -0.15) is 0 Å². The third-order valence-corrected chi connectivity index (χ3v) is 4.72. The summed E-state index contributed by atoms with van der Waals surface area (Å²) in [6.45, 7) is 6.77. The first-order valence-electron chi connectivity index (χ1n) is 6.75. The van der Waals surface area contributed by atoms with Gasteiger partial charge in [0.05, 0.1) is 0 Å². The minimum Gasteiger partial charge on any atom is -0.356 e. The molecule has 0 aromatic carbocycles. The Labute approximate surface area is 119 Å². The van der Waals surface area contributed by atoms with Crippen LogP contribution in [0.1, 0.15) is 33.1 Å². The molecule has 3 N–H and O–H groups in total. The number of hydrazine groups is 1. The summed E-state index contributed by atoms with van der Waals surface area (Å²) in [5.41, 5.74) is 3.10. The van der Waals surface area contributed by atoms with Crippen LogP contribution in [0.4, 0.5) is 11.6 Å². The number of nitrogens with zero attached hydrogens (tertiary/aromatic N) is 3. The van der Waals surface area contributed by atoms with E-state index in [1.54, 1.807) is 0 Å². The first-order chi connectivity index (χ1) is 9.10. The lowest BCUT2D eigenvalue weighted by atomic mass is 9.78. The number of hydrogen-bond acceptors (Lipinski definition) is 6. The van der Waals surface area contributed by atoms with Crippen molar-refractivity contribution < 1.29 is 0 Å². The van der Waals surface area contributed by atoms with E-state index in [-0.39, 0.29) is 0 Å². The van der Waals surface area contributed by atoms with Crippen molar-refractivity contribution in [3.05, 3.63) is 6.07 Å². The number of nitrogens with two attached hydrogens (primary N) is 1. The van der Waals surface area contributed by atoms with E-state index in [9.17, 15) is 0 Å². The monoisotopic (exact) mass is 281 g/mol. The third-order valence-electron chi connectivity index (χ3n) is 4.17. The van der Waals surface area contributed by atoms with Gasteiger partial charge < -0.3 is 10.3 Å². The number of thioether (sulfide) groups is 1. The summed E-state index contributed by atoms with van der Waals surface area (Å²) in [6, 6.07) is 1.92. The molecule has 19 heavy (non-hydrogen) atoms. The molecule has 0 saturated carbocycles. The van der Waals surface area contributed by atoms with E-state index < -0.39 is 0 Å². The molecule has 1 aromatic rings. The van der Waals surface area contributed by atoms with Crippen molar-refractivity contribution in [3.8, 4) is 0 Å². The zero-order valence-electron chi connectivity index (χ0n) is 11.9. The van der Waals surface area contributed by atoms with Gasteiger partial charge in [-0.3, -0.25) is 0 Å². The SMILES string of the molecule is CCC1(C)CCN(c2cc(NN)nc(SC)n2)CC1. The van der Waals surface area contributed by atoms with Crippen LogP contribution in [-0.4, -0.2) is 29.3 Å². The lowest BCUT2D eigenvalue weighted by molar-refractivity contribution is 0.237. The Kier molecular flexibility index (Phi) is 4.52. The Morgan fingerprint density at radius 2 is 2.11 bits per heavy atom. The highest BCUT2D eigenvalue weighted by molar-refractivity contribution is 7.98. The number of piperidine rings is 1. The highest BCUT2D eigenvalue weighted by atomic mass is 32.2. The summed E-state index contributed by atoms with van der Waals surface area (Å²) in [6.07, 6.45) is 5.65. The van der Waals surface area contributed by atoms with Crippen LogP contribution in [0.25, 0.3) is 0 Å². The van der Waals surface area contributed by atoms with Crippen molar-refractivity contribution in [2.75, 3.05) is 29.7 Å². The molecule has 2 heterocycles. The van der Waals surface area contributed by atoms with Gasteiger partial charge in [-0.05, 0) is 24.5 Å². The number of nitrogen functional groups attached to an aromatic ring is 1. The quantitative estimate of drug-likeness (QED) is 0.382.